The van der Waals surface area contributed by atoms with Gasteiger partial charge in [-0.05, 0) is 37.5 Å². The summed E-state index contributed by atoms with van der Waals surface area (Å²) < 4.78 is 54.1. The van der Waals surface area contributed by atoms with Crippen LogP contribution >= 0.6 is 11.6 Å². The zero-order valence-corrected chi connectivity index (χ0v) is 16.4. The van der Waals surface area contributed by atoms with Crippen molar-refractivity contribution in [2.24, 2.45) is 0 Å². The number of sulfone groups is 2. The molecular formula is C16H20ClNO6S2. The summed E-state index contributed by atoms with van der Waals surface area (Å²) >= 11 is 6.06. The zero-order valence-electron chi connectivity index (χ0n) is 14.0. The molecule has 1 aromatic carbocycles. The quantitative estimate of drug-likeness (QED) is 0.765. The molecule has 10 heteroatoms. The van der Waals surface area contributed by atoms with Crippen LogP contribution in [0.25, 0.3) is 0 Å². The fourth-order valence-corrected chi connectivity index (χ4v) is 7.75. The molecule has 2 aliphatic heterocycles. The van der Waals surface area contributed by atoms with Gasteiger partial charge in [-0.2, -0.15) is 0 Å². The molecule has 0 spiro atoms. The number of ether oxygens (including phenoxy) is 1. The van der Waals surface area contributed by atoms with Crippen molar-refractivity contribution in [1.29, 1.82) is 0 Å². The molecule has 144 valence electrons. The molecule has 2 heterocycles. The van der Waals surface area contributed by atoms with Gasteiger partial charge in [0, 0.05) is 13.2 Å². The Morgan fingerprint density at radius 1 is 1.31 bits per heavy atom. The first-order chi connectivity index (χ1) is 12.2. The first-order valence-corrected chi connectivity index (χ1v) is 12.1. The minimum Gasteiger partial charge on any atom is -0.376 e. The standard InChI is InChI=1S/C16H20ClNO6S2/c17-15-4-3-12(26(22,23)13-5-7-25(20,21)10-13)8-14(15)16(19)18-9-11-2-1-6-24-11/h3-4,8,11,13H,1-2,5-7,9-10H2,(H,18,19). The SMILES string of the molecule is O=C(NCC1CCCO1)c1cc(S(=O)(=O)C2CCS(=O)(=O)C2)ccc1Cl. The summed E-state index contributed by atoms with van der Waals surface area (Å²) in [5, 5.41) is 1.85. The van der Waals surface area contributed by atoms with E-state index in [1.54, 1.807) is 0 Å². The summed E-state index contributed by atoms with van der Waals surface area (Å²) in [6, 6.07) is 3.87. The van der Waals surface area contributed by atoms with Crippen LogP contribution in [-0.4, -0.2) is 58.8 Å². The van der Waals surface area contributed by atoms with Crippen molar-refractivity contribution in [2.75, 3.05) is 24.7 Å². The van der Waals surface area contributed by atoms with Crippen molar-refractivity contribution >= 4 is 37.2 Å². The molecule has 1 amide bonds. The second-order valence-electron chi connectivity index (χ2n) is 6.56. The Balaban J connectivity index is 1.79. The molecule has 0 bridgehead atoms. The van der Waals surface area contributed by atoms with Crippen molar-refractivity contribution < 1.29 is 26.4 Å². The van der Waals surface area contributed by atoms with E-state index in [-0.39, 0.29) is 33.8 Å². The first kappa shape index (κ1) is 19.6. The Morgan fingerprint density at radius 3 is 2.69 bits per heavy atom. The highest BCUT2D eigenvalue weighted by molar-refractivity contribution is 7.96. The predicted molar refractivity (Wildman–Crippen MR) is 97.0 cm³/mol. The molecule has 7 nitrogen and oxygen atoms in total. The van der Waals surface area contributed by atoms with E-state index >= 15 is 0 Å². The largest absolute Gasteiger partial charge is 0.376 e. The molecule has 2 saturated heterocycles. The molecule has 0 saturated carbocycles. The molecule has 1 aromatic rings. The van der Waals surface area contributed by atoms with Crippen LogP contribution < -0.4 is 5.32 Å². The molecule has 2 aliphatic rings. The number of hydrogen-bond donors (Lipinski definition) is 1. The van der Waals surface area contributed by atoms with E-state index in [1.165, 1.54) is 18.2 Å². The van der Waals surface area contributed by atoms with Crippen LogP contribution in [0.5, 0.6) is 0 Å². The van der Waals surface area contributed by atoms with E-state index in [4.69, 9.17) is 16.3 Å². The highest BCUT2D eigenvalue weighted by Crippen LogP contribution is 2.28. The monoisotopic (exact) mass is 421 g/mol. The summed E-state index contributed by atoms with van der Waals surface area (Å²) in [6.45, 7) is 0.992. The van der Waals surface area contributed by atoms with Gasteiger partial charge in [0.15, 0.2) is 19.7 Å². The van der Waals surface area contributed by atoms with Crippen LogP contribution in [0.4, 0.5) is 0 Å². The minimum absolute atomic E-state index is 0.0478. The Bertz CT molecular complexity index is 907. The number of benzene rings is 1. The van der Waals surface area contributed by atoms with Crippen LogP contribution in [0.15, 0.2) is 23.1 Å². The van der Waals surface area contributed by atoms with Gasteiger partial charge in [-0.3, -0.25) is 4.79 Å². The van der Waals surface area contributed by atoms with Gasteiger partial charge in [-0.15, -0.1) is 0 Å². The molecule has 0 radical (unpaired) electrons. The van der Waals surface area contributed by atoms with Crippen molar-refractivity contribution in [3.63, 3.8) is 0 Å². The van der Waals surface area contributed by atoms with Gasteiger partial charge < -0.3 is 10.1 Å². The lowest BCUT2D eigenvalue weighted by molar-refractivity contribution is 0.0857. The van der Waals surface area contributed by atoms with Gasteiger partial charge in [0.2, 0.25) is 0 Å². The first-order valence-electron chi connectivity index (χ1n) is 8.33. The average molecular weight is 422 g/mol. The highest BCUT2D eigenvalue weighted by atomic mass is 35.5. The summed E-state index contributed by atoms with van der Waals surface area (Å²) in [5.74, 6) is -1.01. The summed E-state index contributed by atoms with van der Waals surface area (Å²) in [6.07, 6.45) is 1.82. The third-order valence-electron chi connectivity index (χ3n) is 4.65. The molecule has 0 aromatic heterocycles. The number of halogens is 1. The Labute approximate surface area is 157 Å². The van der Waals surface area contributed by atoms with Crippen LogP contribution in [0.1, 0.15) is 29.6 Å². The van der Waals surface area contributed by atoms with E-state index in [0.29, 0.717) is 13.2 Å². The fraction of sp³-hybridized carbons (Fsp3) is 0.562. The highest BCUT2D eigenvalue weighted by Gasteiger charge is 2.38. The number of nitrogens with one attached hydrogen (secondary N) is 1. The van der Waals surface area contributed by atoms with Crippen molar-refractivity contribution in [3.8, 4) is 0 Å². The number of amides is 1. The Hall–Kier alpha value is -1.16. The zero-order chi connectivity index (χ0) is 18.9. The molecule has 3 rings (SSSR count). The van der Waals surface area contributed by atoms with Gasteiger partial charge in [-0.1, -0.05) is 11.6 Å². The molecule has 26 heavy (non-hydrogen) atoms. The maximum Gasteiger partial charge on any atom is 0.252 e. The maximum absolute atomic E-state index is 12.7. The minimum atomic E-state index is -3.86. The topological polar surface area (TPSA) is 107 Å². The molecule has 0 aliphatic carbocycles. The summed E-state index contributed by atoms with van der Waals surface area (Å²) in [7, 11) is -7.19. The predicted octanol–water partition coefficient (Wildman–Crippen LogP) is 1.21. The third-order valence-corrected chi connectivity index (χ3v) is 9.15. The molecular weight excluding hydrogens is 402 g/mol. The van der Waals surface area contributed by atoms with Crippen LogP contribution in [0.2, 0.25) is 5.02 Å². The number of carbonyl (C=O) groups excluding carboxylic acids is 1. The van der Waals surface area contributed by atoms with Crippen molar-refractivity contribution in [1.82, 2.24) is 5.32 Å². The lowest BCUT2D eigenvalue weighted by atomic mass is 10.2. The lowest BCUT2D eigenvalue weighted by Crippen LogP contribution is -2.32. The molecule has 2 unspecified atom stereocenters. The number of rotatable bonds is 5. The second kappa shape index (κ2) is 7.46. The normalized spacial score (nSPS) is 25.3. The molecule has 1 N–H and O–H groups in total. The van der Waals surface area contributed by atoms with Gasteiger partial charge in [0.05, 0.1) is 38.3 Å². The molecule has 2 atom stereocenters. The Morgan fingerprint density at radius 2 is 2.08 bits per heavy atom. The Kier molecular flexibility index (Phi) is 5.62. The van der Waals surface area contributed by atoms with Gasteiger partial charge in [0.25, 0.3) is 5.91 Å². The average Bonchev–Trinajstić information content (AvgIpc) is 3.22. The van der Waals surface area contributed by atoms with E-state index in [2.05, 4.69) is 5.32 Å². The van der Waals surface area contributed by atoms with Gasteiger partial charge in [0.1, 0.15) is 0 Å². The molecule has 2 fully saturated rings. The second-order valence-corrected chi connectivity index (χ2v) is 11.4. The van der Waals surface area contributed by atoms with Crippen molar-refractivity contribution in [3.05, 3.63) is 28.8 Å². The van der Waals surface area contributed by atoms with Crippen LogP contribution in [0, 0.1) is 0 Å². The third kappa shape index (κ3) is 4.21. The maximum atomic E-state index is 12.7. The smallest absolute Gasteiger partial charge is 0.252 e. The van der Waals surface area contributed by atoms with Crippen LogP contribution in [-0.2, 0) is 24.4 Å². The number of hydrogen-bond acceptors (Lipinski definition) is 6. The summed E-state index contributed by atoms with van der Waals surface area (Å²) in [4.78, 5) is 12.3. The number of carbonyl (C=O) groups is 1. The van der Waals surface area contributed by atoms with E-state index in [0.717, 1.165) is 12.8 Å². The summed E-state index contributed by atoms with van der Waals surface area (Å²) in [5.41, 5.74) is 0.0478. The lowest BCUT2D eigenvalue weighted by Gasteiger charge is -2.14. The van der Waals surface area contributed by atoms with Gasteiger partial charge >= 0.3 is 0 Å². The fourth-order valence-electron chi connectivity index (χ4n) is 3.16. The van der Waals surface area contributed by atoms with E-state index in [9.17, 15) is 21.6 Å². The van der Waals surface area contributed by atoms with E-state index in [1.807, 2.05) is 0 Å². The van der Waals surface area contributed by atoms with Crippen molar-refractivity contribution in [2.45, 2.75) is 35.5 Å². The van der Waals surface area contributed by atoms with Gasteiger partial charge in [-0.25, -0.2) is 16.8 Å². The van der Waals surface area contributed by atoms with Crippen LogP contribution in [0.3, 0.4) is 0 Å². The van der Waals surface area contributed by atoms with E-state index < -0.39 is 36.6 Å².